The maximum absolute atomic E-state index is 9.96. The molecular weight excluding hydrogens is 164 g/mol. The van der Waals surface area contributed by atoms with Crippen molar-refractivity contribution in [1.82, 2.24) is 9.88 Å². The summed E-state index contributed by atoms with van der Waals surface area (Å²) >= 11 is 0. The SMILES string of the molecule is CN(C)C(c1cc[nH]c1)C(C)(C)O. The van der Waals surface area contributed by atoms with Crippen molar-refractivity contribution in [2.75, 3.05) is 14.1 Å². The minimum atomic E-state index is -0.730. The van der Waals surface area contributed by atoms with Crippen LogP contribution in [0.25, 0.3) is 0 Å². The van der Waals surface area contributed by atoms with Crippen molar-refractivity contribution in [3.05, 3.63) is 24.0 Å². The van der Waals surface area contributed by atoms with Gasteiger partial charge in [0, 0.05) is 12.4 Å². The molecule has 0 aliphatic carbocycles. The molecule has 0 saturated carbocycles. The Morgan fingerprint density at radius 2 is 2.08 bits per heavy atom. The first-order valence-corrected chi connectivity index (χ1v) is 4.44. The van der Waals surface area contributed by atoms with Crippen molar-refractivity contribution in [3.8, 4) is 0 Å². The van der Waals surface area contributed by atoms with E-state index in [1.807, 2.05) is 51.3 Å². The van der Waals surface area contributed by atoms with Gasteiger partial charge in [0.05, 0.1) is 11.6 Å². The topological polar surface area (TPSA) is 39.3 Å². The van der Waals surface area contributed by atoms with Crippen molar-refractivity contribution < 1.29 is 5.11 Å². The van der Waals surface area contributed by atoms with Gasteiger partial charge in [0.1, 0.15) is 0 Å². The van der Waals surface area contributed by atoms with Crippen molar-refractivity contribution in [2.45, 2.75) is 25.5 Å². The molecule has 0 aliphatic heterocycles. The van der Waals surface area contributed by atoms with Gasteiger partial charge in [-0.2, -0.15) is 0 Å². The molecular formula is C10H18N2O. The summed E-state index contributed by atoms with van der Waals surface area (Å²) in [7, 11) is 3.94. The summed E-state index contributed by atoms with van der Waals surface area (Å²) in [6.07, 6.45) is 3.79. The maximum Gasteiger partial charge on any atom is 0.0788 e. The maximum atomic E-state index is 9.96. The second-order valence-electron chi connectivity index (χ2n) is 4.16. The highest BCUT2D eigenvalue weighted by Gasteiger charge is 2.30. The third-order valence-corrected chi connectivity index (χ3v) is 2.12. The van der Waals surface area contributed by atoms with Gasteiger partial charge >= 0.3 is 0 Å². The highest BCUT2D eigenvalue weighted by atomic mass is 16.3. The Labute approximate surface area is 79.4 Å². The zero-order chi connectivity index (χ0) is 10.1. The van der Waals surface area contributed by atoms with Crippen molar-refractivity contribution in [2.24, 2.45) is 0 Å². The molecule has 0 amide bonds. The zero-order valence-corrected chi connectivity index (χ0v) is 8.70. The van der Waals surface area contributed by atoms with E-state index in [9.17, 15) is 5.11 Å². The van der Waals surface area contributed by atoms with Crippen LogP contribution in [0.4, 0.5) is 0 Å². The molecule has 0 spiro atoms. The molecule has 3 heteroatoms. The van der Waals surface area contributed by atoms with Crippen LogP contribution in [-0.4, -0.2) is 34.7 Å². The third kappa shape index (κ3) is 2.32. The summed E-state index contributed by atoms with van der Waals surface area (Å²) < 4.78 is 0. The normalized spacial score (nSPS) is 14.9. The molecule has 1 atom stereocenters. The molecule has 0 radical (unpaired) electrons. The minimum absolute atomic E-state index is 0.0266. The molecule has 0 bridgehead atoms. The van der Waals surface area contributed by atoms with Crippen molar-refractivity contribution in [1.29, 1.82) is 0 Å². The van der Waals surface area contributed by atoms with E-state index in [0.29, 0.717) is 0 Å². The predicted octanol–water partition coefficient (Wildman–Crippen LogP) is 1.39. The minimum Gasteiger partial charge on any atom is -0.388 e. The summed E-state index contributed by atoms with van der Waals surface area (Å²) in [5.74, 6) is 0. The zero-order valence-electron chi connectivity index (χ0n) is 8.70. The monoisotopic (exact) mass is 182 g/mol. The first kappa shape index (κ1) is 10.3. The standard InChI is InChI=1S/C10H18N2O/c1-10(2,13)9(12(3)4)8-5-6-11-7-8/h5-7,9,11,13H,1-4H3. The second kappa shape index (κ2) is 3.52. The Morgan fingerprint density at radius 3 is 2.38 bits per heavy atom. The Hall–Kier alpha value is -0.800. The van der Waals surface area contributed by atoms with Gasteiger partial charge in [-0.3, -0.25) is 4.90 Å². The lowest BCUT2D eigenvalue weighted by atomic mass is 9.93. The van der Waals surface area contributed by atoms with Gasteiger partial charge in [-0.25, -0.2) is 0 Å². The van der Waals surface area contributed by atoms with E-state index in [4.69, 9.17) is 0 Å². The Morgan fingerprint density at radius 1 is 1.46 bits per heavy atom. The van der Waals surface area contributed by atoms with Crippen LogP contribution in [-0.2, 0) is 0 Å². The van der Waals surface area contributed by atoms with Crippen molar-refractivity contribution >= 4 is 0 Å². The van der Waals surface area contributed by atoms with E-state index in [1.54, 1.807) is 0 Å². The molecule has 1 heterocycles. The molecule has 1 aromatic heterocycles. The van der Waals surface area contributed by atoms with Gasteiger partial charge < -0.3 is 10.1 Å². The van der Waals surface area contributed by atoms with Crippen LogP contribution in [0.5, 0.6) is 0 Å². The lowest BCUT2D eigenvalue weighted by molar-refractivity contribution is -0.00309. The van der Waals surface area contributed by atoms with E-state index < -0.39 is 5.60 Å². The molecule has 74 valence electrons. The van der Waals surface area contributed by atoms with Crippen LogP contribution in [0.15, 0.2) is 18.5 Å². The number of hydrogen-bond acceptors (Lipinski definition) is 2. The molecule has 2 N–H and O–H groups in total. The second-order valence-corrected chi connectivity index (χ2v) is 4.16. The van der Waals surface area contributed by atoms with Crippen LogP contribution >= 0.6 is 0 Å². The molecule has 1 unspecified atom stereocenters. The van der Waals surface area contributed by atoms with Gasteiger partial charge in [-0.1, -0.05) is 0 Å². The number of aromatic nitrogens is 1. The predicted molar refractivity (Wildman–Crippen MR) is 53.5 cm³/mol. The van der Waals surface area contributed by atoms with Crippen LogP contribution in [0.1, 0.15) is 25.5 Å². The number of hydrogen-bond donors (Lipinski definition) is 2. The summed E-state index contributed by atoms with van der Waals surface area (Å²) in [6, 6.07) is 2.02. The fourth-order valence-corrected chi connectivity index (χ4v) is 1.84. The van der Waals surface area contributed by atoms with Crippen LogP contribution in [0.3, 0.4) is 0 Å². The lowest BCUT2D eigenvalue weighted by Crippen LogP contribution is -2.38. The van der Waals surface area contributed by atoms with Crippen molar-refractivity contribution in [3.63, 3.8) is 0 Å². The van der Waals surface area contributed by atoms with E-state index in [2.05, 4.69) is 4.98 Å². The smallest absolute Gasteiger partial charge is 0.0788 e. The van der Waals surface area contributed by atoms with Gasteiger partial charge in [0.2, 0.25) is 0 Å². The van der Waals surface area contributed by atoms with E-state index in [1.165, 1.54) is 0 Å². The third-order valence-electron chi connectivity index (χ3n) is 2.12. The largest absolute Gasteiger partial charge is 0.388 e. The van der Waals surface area contributed by atoms with Crippen LogP contribution < -0.4 is 0 Å². The fraction of sp³-hybridized carbons (Fsp3) is 0.600. The Balaban J connectivity index is 2.94. The molecule has 0 aromatic carbocycles. The Bertz CT molecular complexity index is 246. The van der Waals surface area contributed by atoms with E-state index >= 15 is 0 Å². The number of aromatic amines is 1. The first-order valence-electron chi connectivity index (χ1n) is 4.44. The average Bonchev–Trinajstić information content (AvgIpc) is 2.34. The highest BCUT2D eigenvalue weighted by molar-refractivity contribution is 5.17. The molecule has 0 saturated heterocycles. The molecule has 1 aromatic rings. The summed E-state index contributed by atoms with van der Waals surface area (Å²) in [4.78, 5) is 5.02. The Kier molecular flexibility index (Phi) is 2.78. The number of likely N-dealkylation sites (N-methyl/N-ethyl adjacent to an activating group) is 1. The number of nitrogens with one attached hydrogen (secondary N) is 1. The van der Waals surface area contributed by atoms with E-state index in [-0.39, 0.29) is 6.04 Å². The number of H-pyrrole nitrogens is 1. The van der Waals surface area contributed by atoms with E-state index in [0.717, 1.165) is 5.56 Å². The molecule has 13 heavy (non-hydrogen) atoms. The highest BCUT2D eigenvalue weighted by Crippen LogP contribution is 2.29. The van der Waals surface area contributed by atoms with Crippen LogP contribution in [0, 0.1) is 0 Å². The van der Waals surface area contributed by atoms with Gasteiger partial charge in [0.25, 0.3) is 0 Å². The quantitative estimate of drug-likeness (QED) is 0.741. The number of aliphatic hydroxyl groups is 1. The average molecular weight is 182 g/mol. The number of nitrogens with zero attached hydrogens (tertiary/aromatic N) is 1. The summed E-state index contributed by atoms with van der Waals surface area (Å²) in [5.41, 5.74) is 0.378. The fourth-order valence-electron chi connectivity index (χ4n) is 1.84. The molecule has 1 rings (SSSR count). The first-order chi connectivity index (χ1) is 5.93. The van der Waals surface area contributed by atoms with Crippen LogP contribution in [0.2, 0.25) is 0 Å². The number of rotatable bonds is 3. The summed E-state index contributed by atoms with van der Waals surface area (Å²) in [5, 5.41) is 9.96. The molecule has 3 nitrogen and oxygen atoms in total. The molecule has 0 fully saturated rings. The summed E-state index contributed by atoms with van der Waals surface area (Å²) in [6.45, 7) is 3.65. The van der Waals surface area contributed by atoms with Gasteiger partial charge in [0.15, 0.2) is 0 Å². The van der Waals surface area contributed by atoms with Gasteiger partial charge in [-0.05, 0) is 39.6 Å². The van der Waals surface area contributed by atoms with Gasteiger partial charge in [-0.15, -0.1) is 0 Å². The lowest BCUT2D eigenvalue weighted by Gasteiger charge is -2.34. The molecule has 0 aliphatic rings.